The summed E-state index contributed by atoms with van der Waals surface area (Å²) in [5, 5.41) is 3.31. The molecule has 0 unspecified atom stereocenters. The first kappa shape index (κ1) is 13.0. The highest BCUT2D eigenvalue weighted by Gasteiger charge is 2.34. The Morgan fingerprint density at radius 2 is 2.05 bits per heavy atom. The zero-order chi connectivity index (χ0) is 14.2. The molecule has 0 atom stereocenters. The van der Waals surface area contributed by atoms with Gasteiger partial charge in [0.2, 0.25) is 0 Å². The van der Waals surface area contributed by atoms with Crippen molar-refractivity contribution >= 4 is 16.9 Å². The summed E-state index contributed by atoms with van der Waals surface area (Å²) < 4.78 is 0. The van der Waals surface area contributed by atoms with Gasteiger partial charge in [0.1, 0.15) is 5.69 Å². The number of carbonyl (C=O) groups is 1. The van der Waals surface area contributed by atoms with Crippen molar-refractivity contribution in [2.45, 2.75) is 19.4 Å². The lowest BCUT2D eigenvalue weighted by molar-refractivity contribution is 0.0471. The molecular weight excluding hydrogens is 252 g/mol. The first-order valence-electron chi connectivity index (χ1n) is 6.82. The van der Waals surface area contributed by atoms with Crippen LogP contribution in [0.5, 0.6) is 0 Å². The van der Waals surface area contributed by atoms with E-state index >= 15 is 0 Å². The molecule has 0 radical (unpaired) electrons. The Hall–Kier alpha value is -2.01. The number of hydrogen-bond donors (Lipinski definition) is 1. The molecule has 0 saturated carbocycles. The van der Waals surface area contributed by atoms with Crippen molar-refractivity contribution in [1.82, 2.24) is 20.2 Å². The van der Waals surface area contributed by atoms with Gasteiger partial charge in [0.05, 0.1) is 22.8 Å². The van der Waals surface area contributed by atoms with Gasteiger partial charge in [-0.25, -0.2) is 4.98 Å². The minimum Gasteiger partial charge on any atom is -0.330 e. The van der Waals surface area contributed by atoms with Crippen LogP contribution in [0.2, 0.25) is 0 Å². The summed E-state index contributed by atoms with van der Waals surface area (Å²) in [5.74, 6) is -0.0465. The first-order chi connectivity index (χ1) is 9.58. The van der Waals surface area contributed by atoms with Gasteiger partial charge in [0.15, 0.2) is 0 Å². The van der Waals surface area contributed by atoms with Crippen molar-refractivity contribution in [2.75, 3.05) is 19.6 Å². The summed E-state index contributed by atoms with van der Waals surface area (Å²) in [6.45, 7) is 6.42. The third-order valence-corrected chi connectivity index (χ3v) is 3.71. The summed E-state index contributed by atoms with van der Waals surface area (Å²) >= 11 is 0. The standard InChI is InChI=1S/C15H18N4O/c1-15(2)10-16-7-8-19(15)14(20)13-9-17-11-5-3-4-6-12(11)18-13/h3-6,9,16H,7-8,10H2,1-2H3. The molecule has 2 aromatic rings. The largest absolute Gasteiger partial charge is 0.330 e. The van der Waals surface area contributed by atoms with Crippen molar-refractivity contribution in [1.29, 1.82) is 0 Å². The number of rotatable bonds is 1. The minimum atomic E-state index is -0.206. The van der Waals surface area contributed by atoms with E-state index in [0.717, 1.165) is 24.1 Å². The van der Waals surface area contributed by atoms with Crippen LogP contribution in [0.3, 0.4) is 0 Å². The van der Waals surface area contributed by atoms with Gasteiger partial charge in [0.25, 0.3) is 5.91 Å². The minimum absolute atomic E-state index is 0.0465. The quantitative estimate of drug-likeness (QED) is 0.852. The highest BCUT2D eigenvalue weighted by atomic mass is 16.2. The molecule has 5 heteroatoms. The normalized spacial score (nSPS) is 18.2. The van der Waals surface area contributed by atoms with Gasteiger partial charge in [0, 0.05) is 19.6 Å². The van der Waals surface area contributed by atoms with Crippen LogP contribution in [0.1, 0.15) is 24.3 Å². The van der Waals surface area contributed by atoms with Gasteiger partial charge in [-0.3, -0.25) is 9.78 Å². The fourth-order valence-corrected chi connectivity index (χ4v) is 2.56. The summed E-state index contributed by atoms with van der Waals surface area (Å²) in [4.78, 5) is 23.3. The maximum atomic E-state index is 12.7. The van der Waals surface area contributed by atoms with Crippen molar-refractivity contribution in [3.05, 3.63) is 36.2 Å². The second-order valence-corrected chi connectivity index (χ2v) is 5.69. The average Bonchev–Trinajstić information content (AvgIpc) is 2.45. The maximum Gasteiger partial charge on any atom is 0.274 e. The van der Waals surface area contributed by atoms with E-state index in [2.05, 4.69) is 29.1 Å². The number of benzene rings is 1. The molecule has 1 aliphatic heterocycles. The number of aromatic nitrogens is 2. The van der Waals surface area contributed by atoms with E-state index < -0.39 is 0 Å². The monoisotopic (exact) mass is 270 g/mol. The molecule has 1 saturated heterocycles. The third kappa shape index (κ3) is 2.25. The van der Waals surface area contributed by atoms with E-state index in [1.54, 1.807) is 6.20 Å². The van der Waals surface area contributed by atoms with E-state index in [1.807, 2.05) is 29.2 Å². The number of nitrogens with one attached hydrogen (secondary N) is 1. The number of hydrogen-bond acceptors (Lipinski definition) is 4. The second kappa shape index (κ2) is 4.83. The molecule has 0 bridgehead atoms. The van der Waals surface area contributed by atoms with Gasteiger partial charge in [-0.2, -0.15) is 0 Å². The van der Waals surface area contributed by atoms with Crippen LogP contribution in [-0.4, -0.2) is 45.9 Å². The van der Waals surface area contributed by atoms with Crippen LogP contribution in [-0.2, 0) is 0 Å². The Labute approximate surface area is 118 Å². The molecule has 1 amide bonds. The lowest BCUT2D eigenvalue weighted by Crippen LogP contribution is -2.60. The van der Waals surface area contributed by atoms with Gasteiger partial charge >= 0.3 is 0 Å². The number of nitrogens with zero attached hydrogens (tertiary/aromatic N) is 3. The molecule has 1 aromatic heterocycles. The van der Waals surface area contributed by atoms with Gasteiger partial charge in [-0.15, -0.1) is 0 Å². The van der Waals surface area contributed by atoms with Crippen LogP contribution in [0.4, 0.5) is 0 Å². The SMILES string of the molecule is CC1(C)CNCCN1C(=O)c1cnc2ccccc2n1. The molecule has 0 spiro atoms. The molecule has 0 aliphatic carbocycles. The third-order valence-electron chi connectivity index (χ3n) is 3.71. The Morgan fingerprint density at radius 3 is 2.80 bits per heavy atom. The predicted molar refractivity (Wildman–Crippen MR) is 77.5 cm³/mol. The molecule has 1 N–H and O–H groups in total. The van der Waals surface area contributed by atoms with Crippen LogP contribution in [0.25, 0.3) is 11.0 Å². The lowest BCUT2D eigenvalue weighted by atomic mass is 10.00. The number of amides is 1. The highest BCUT2D eigenvalue weighted by Crippen LogP contribution is 2.19. The average molecular weight is 270 g/mol. The Balaban J connectivity index is 1.95. The van der Waals surface area contributed by atoms with E-state index in [9.17, 15) is 4.79 Å². The van der Waals surface area contributed by atoms with Crippen molar-refractivity contribution < 1.29 is 4.79 Å². The van der Waals surface area contributed by atoms with Crippen LogP contribution in [0, 0.1) is 0 Å². The fraction of sp³-hybridized carbons (Fsp3) is 0.400. The topological polar surface area (TPSA) is 58.1 Å². The van der Waals surface area contributed by atoms with Crippen molar-refractivity contribution in [2.24, 2.45) is 0 Å². The number of piperazine rings is 1. The van der Waals surface area contributed by atoms with Gasteiger partial charge in [-0.1, -0.05) is 12.1 Å². The van der Waals surface area contributed by atoms with E-state index in [1.165, 1.54) is 0 Å². The molecule has 1 fully saturated rings. The Morgan fingerprint density at radius 1 is 1.30 bits per heavy atom. The summed E-state index contributed by atoms with van der Waals surface area (Å²) in [6.07, 6.45) is 1.57. The zero-order valence-electron chi connectivity index (χ0n) is 11.8. The van der Waals surface area contributed by atoms with Crippen LogP contribution < -0.4 is 5.32 Å². The van der Waals surface area contributed by atoms with Gasteiger partial charge in [-0.05, 0) is 26.0 Å². The number of fused-ring (bicyclic) bond motifs is 1. The predicted octanol–water partition coefficient (Wildman–Crippen LogP) is 1.45. The van der Waals surface area contributed by atoms with Crippen LogP contribution >= 0.6 is 0 Å². The molecule has 1 aromatic carbocycles. The van der Waals surface area contributed by atoms with Gasteiger partial charge < -0.3 is 10.2 Å². The van der Waals surface area contributed by atoms with Crippen molar-refractivity contribution in [3.63, 3.8) is 0 Å². The second-order valence-electron chi connectivity index (χ2n) is 5.69. The molecule has 1 aliphatic rings. The van der Waals surface area contributed by atoms with Crippen molar-refractivity contribution in [3.8, 4) is 0 Å². The Kier molecular flexibility index (Phi) is 3.14. The lowest BCUT2D eigenvalue weighted by Gasteiger charge is -2.42. The smallest absolute Gasteiger partial charge is 0.274 e. The summed E-state index contributed by atoms with van der Waals surface area (Å²) in [6, 6.07) is 7.59. The molecule has 20 heavy (non-hydrogen) atoms. The van der Waals surface area contributed by atoms with E-state index in [4.69, 9.17) is 0 Å². The van der Waals surface area contributed by atoms with E-state index in [-0.39, 0.29) is 11.4 Å². The molecule has 5 nitrogen and oxygen atoms in total. The number of para-hydroxylation sites is 2. The van der Waals surface area contributed by atoms with Crippen LogP contribution in [0.15, 0.2) is 30.5 Å². The summed E-state index contributed by atoms with van der Waals surface area (Å²) in [5.41, 5.74) is 1.77. The zero-order valence-corrected chi connectivity index (χ0v) is 11.8. The first-order valence-corrected chi connectivity index (χ1v) is 6.82. The summed E-state index contributed by atoms with van der Waals surface area (Å²) in [7, 11) is 0. The molecular formula is C15H18N4O. The maximum absolute atomic E-state index is 12.7. The molecule has 2 heterocycles. The number of carbonyl (C=O) groups excluding carboxylic acids is 1. The van der Waals surface area contributed by atoms with E-state index in [0.29, 0.717) is 12.2 Å². The molecule has 104 valence electrons. The molecule has 3 rings (SSSR count). The highest BCUT2D eigenvalue weighted by molar-refractivity contribution is 5.94. The Bertz CT molecular complexity index is 653. The fourth-order valence-electron chi connectivity index (χ4n) is 2.56.